The SMILES string of the molecule is CCNC(=NCc1cccnc1N1CCN(C)CC1)NCCCN1CCCCCC1=O.I. The minimum absolute atomic E-state index is 0. The van der Waals surface area contributed by atoms with Gasteiger partial charge in [-0.3, -0.25) is 4.79 Å². The Balaban J connectivity index is 0.00000363. The number of carbonyl (C=O) groups is 1. The first-order valence-corrected chi connectivity index (χ1v) is 11.8. The van der Waals surface area contributed by atoms with Gasteiger partial charge in [0.1, 0.15) is 5.82 Å². The minimum Gasteiger partial charge on any atom is -0.357 e. The van der Waals surface area contributed by atoms with Crippen molar-refractivity contribution in [3.05, 3.63) is 23.9 Å². The summed E-state index contributed by atoms with van der Waals surface area (Å²) in [7, 11) is 2.16. The predicted octanol–water partition coefficient (Wildman–Crippen LogP) is 2.30. The Morgan fingerprint density at radius 3 is 2.72 bits per heavy atom. The fraction of sp³-hybridized carbons (Fsp3) is 0.696. The van der Waals surface area contributed by atoms with E-state index in [0.29, 0.717) is 18.9 Å². The third-order valence-electron chi connectivity index (χ3n) is 5.99. The molecule has 1 amide bonds. The van der Waals surface area contributed by atoms with Crippen molar-refractivity contribution < 1.29 is 4.79 Å². The number of rotatable bonds is 8. The van der Waals surface area contributed by atoms with E-state index in [1.807, 2.05) is 17.2 Å². The summed E-state index contributed by atoms with van der Waals surface area (Å²) in [6.07, 6.45) is 6.84. The zero-order valence-electron chi connectivity index (χ0n) is 19.7. The number of amides is 1. The van der Waals surface area contributed by atoms with Gasteiger partial charge in [-0.15, -0.1) is 24.0 Å². The first kappa shape index (κ1) is 26.6. The van der Waals surface area contributed by atoms with Gasteiger partial charge in [-0.25, -0.2) is 9.98 Å². The Bertz CT molecular complexity index is 722. The number of piperazine rings is 1. The first-order valence-electron chi connectivity index (χ1n) is 11.8. The smallest absolute Gasteiger partial charge is 0.222 e. The van der Waals surface area contributed by atoms with Gasteiger partial charge in [0.15, 0.2) is 5.96 Å². The molecule has 2 fully saturated rings. The number of halogens is 1. The van der Waals surface area contributed by atoms with Crippen LogP contribution in [0.1, 0.15) is 44.6 Å². The van der Waals surface area contributed by atoms with Gasteiger partial charge in [0.25, 0.3) is 0 Å². The summed E-state index contributed by atoms with van der Waals surface area (Å²) in [6.45, 7) is 10.1. The molecule has 0 aromatic carbocycles. The Labute approximate surface area is 210 Å². The van der Waals surface area contributed by atoms with E-state index in [1.165, 1.54) is 6.42 Å². The summed E-state index contributed by atoms with van der Waals surface area (Å²) < 4.78 is 0. The number of aromatic nitrogens is 1. The van der Waals surface area contributed by atoms with Crippen LogP contribution in [0, 0.1) is 0 Å². The molecule has 2 aliphatic heterocycles. The molecule has 1 aromatic rings. The molecular weight excluding hydrogens is 517 g/mol. The van der Waals surface area contributed by atoms with Crippen LogP contribution < -0.4 is 15.5 Å². The van der Waals surface area contributed by atoms with E-state index >= 15 is 0 Å². The van der Waals surface area contributed by atoms with Crippen LogP contribution in [0.4, 0.5) is 5.82 Å². The molecule has 0 aliphatic carbocycles. The number of nitrogens with zero attached hydrogens (tertiary/aromatic N) is 5. The topological polar surface area (TPSA) is 76.1 Å². The fourth-order valence-electron chi connectivity index (χ4n) is 4.11. The Morgan fingerprint density at radius 1 is 1.12 bits per heavy atom. The van der Waals surface area contributed by atoms with Gasteiger partial charge in [-0.05, 0) is 39.3 Å². The van der Waals surface area contributed by atoms with Crippen LogP contribution >= 0.6 is 24.0 Å². The van der Waals surface area contributed by atoms with Crippen molar-refractivity contribution in [1.82, 2.24) is 25.4 Å². The maximum atomic E-state index is 12.1. The molecule has 0 radical (unpaired) electrons. The maximum absolute atomic E-state index is 12.1. The number of hydrogen-bond acceptors (Lipinski definition) is 5. The van der Waals surface area contributed by atoms with Crippen molar-refractivity contribution in [2.75, 3.05) is 64.3 Å². The van der Waals surface area contributed by atoms with Crippen molar-refractivity contribution in [3.8, 4) is 0 Å². The van der Waals surface area contributed by atoms with Gasteiger partial charge < -0.3 is 25.3 Å². The van der Waals surface area contributed by atoms with E-state index in [1.54, 1.807) is 0 Å². The second kappa shape index (κ2) is 14.5. The Kier molecular flexibility index (Phi) is 12.1. The lowest BCUT2D eigenvalue weighted by Crippen LogP contribution is -2.45. The third kappa shape index (κ3) is 8.38. The highest BCUT2D eigenvalue weighted by Gasteiger charge is 2.18. The molecule has 3 heterocycles. The molecule has 2 N–H and O–H groups in total. The molecule has 9 heteroatoms. The Morgan fingerprint density at radius 2 is 1.94 bits per heavy atom. The maximum Gasteiger partial charge on any atom is 0.222 e. The van der Waals surface area contributed by atoms with Crippen molar-refractivity contribution in [1.29, 1.82) is 0 Å². The lowest BCUT2D eigenvalue weighted by atomic mass is 10.2. The molecule has 0 saturated carbocycles. The zero-order chi connectivity index (χ0) is 21.9. The molecule has 0 atom stereocenters. The predicted molar refractivity (Wildman–Crippen MR) is 142 cm³/mol. The highest BCUT2D eigenvalue weighted by molar-refractivity contribution is 14.0. The van der Waals surface area contributed by atoms with Crippen LogP contribution in [0.2, 0.25) is 0 Å². The molecule has 3 rings (SSSR count). The van der Waals surface area contributed by atoms with Crippen LogP contribution in [0.5, 0.6) is 0 Å². The third-order valence-corrected chi connectivity index (χ3v) is 5.99. The van der Waals surface area contributed by atoms with Crippen LogP contribution in [0.3, 0.4) is 0 Å². The van der Waals surface area contributed by atoms with Crippen LogP contribution in [-0.4, -0.2) is 86.1 Å². The number of guanidine groups is 1. The van der Waals surface area contributed by atoms with E-state index < -0.39 is 0 Å². The van der Waals surface area contributed by atoms with E-state index in [9.17, 15) is 4.79 Å². The van der Waals surface area contributed by atoms with Gasteiger partial charge in [0.05, 0.1) is 6.54 Å². The fourth-order valence-corrected chi connectivity index (χ4v) is 4.11. The first-order chi connectivity index (χ1) is 15.2. The molecule has 32 heavy (non-hydrogen) atoms. The highest BCUT2D eigenvalue weighted by Crippen LogP contribution is 2.19. The normalized spacial score (nSPS) is 18.2. The van der Waals surface area contributed by atoms with Gasteiger partial charge >= 0.3 is 0 Å². The summed E-state index contributed by atoms with van der Waals surface area (Å²) in [5, 5.41) is 6.76. The van der Waals surface area contributed by atoms with Crippen molar-refractivity contribution in [3.63, 3.8) is 0 Å². The summed E-state index contributed by atoms with van der Waals surface area (Å²) in [6, 6.07) is 4.11. The van der Waals surface area contributed by atoms with Gasteiger partial charge in [0, 0.05) is 70.5 Å². The molecular formula is C23H40IN7O. The molecule has 8 nitrogen and oxygen atoms in total. The lowest BCUT2D eigenvalue weighted by molar-refractivity contribution is -0.130. The molecule has 0 spiro atoms. The average molecular weight is 558 g/mol. The number of nitrogens with one attached hydrogen (secondary N) is 2. The number of hydrogen-bond donors (Lipinski definition) is 2. The van der Waals surface area contributed by atoms with Gasteiger partial charge in [0.2, 0.25) is 5.91 Å². The van der Waals surface area contributed by atoms with Crippen molar-refractivity contribution >= 4 is 41.7 Å². The second-order valence-electron chi connectivity index (χ2n) is 8.44. The number of carbonyl (C=O) groups excluding carboxylic acids is 1. The minimum atomic E-state index is 0. The van der Waals surface area contributed by atoms with E-state index in [4.69, 9.17) is 4.99 Å². The van der Waals surface area contributed by atoms with E-state index in [0.717, 1.165) is 89.0 Å². The van der Waals surface area contributed by atoms with Crippen molar-refractivity contribution in [2.24, 2.45) is 4.99 Å². The molecule has 180 valence electrons. The highest BCUT2D eigenvalue weighted by atomic mass is 127. The zero-order valence-corrected chi connectivity index (χ0v) is 22.0. The quantitative estimate of drug-likeness (QED) is 0.221. The van der Waals surface area contributed by atoms with Crippen LogP contribution in [0.25, 0.3) is 0 Å². The molecule has 0 unspecified atom stereocenters. The van der Waals surface area contributed by atoms with Crippen molar-refractivity contribution in [2.45, 2.75) is 45.6 Å². The number of anilines is 1. The standard InChI is InChI=1S/C23H39N7O.HI/c1-3-24-23(26-12-8-14-29-13-6-4-5-10-21(29)31)27-19-20-9-7-11-25-22(20)30-17-15-28(2)16-18-30;/h7,9,11H,3-6,8,10,12-19H2,1-2H3,(H2,24,26,27);1H. The monoisotopic (exact) mass is 557 g/mol. The second-order valence-corrected chi connectivity index (χ2v) is 8.44. The van der Waals surface area contributed by atoms with Crippen LogP contribution in [-0.2, 0) is 11.3 Å². The summed E-state index contributed by atoms with van der Waals surface area (Å²) in [5.41, 5.74) is 1.15. The lowest BCUT2D eigenvalue weighted by Gasteiger charge is -2.34. The van der Waals surface area contributed by atoms with Gasteiger partial charge in [-0.1, -0.05) is 12.5 Å². The summed E-state index contributed by atoms with van der Waals surface area (Å²) in [5.74, 6) is 2.18. The largest absolute Gasteiger partial charge is 0.357 e. The number of likely N-dealkylation sites (tertiary alicyclic amines) is 1. The summed E-state index contributed by atoms with van der Waals surface area (Å²) >= 11 is 0. The van der Waals surface area contributed by atoms with Gasteiger partial charge in [-0.2, -0.15) is 0 Å². The molecule has 0 bridgehead atoms. The Hall–Kier alpha value is -1.62. The molecule has 1 aromatic heterocycles. The van der Waals surface area contributed by atoms with Crippen LogP contribution in [0.15, 0.2) is 23.3 Å². The van der Waals surface area contributed by atoms with E-state index in [-0.39, 0.29) is 24.0 Å². The number of likely N-dealkylation sites (N-methyl/N-ethyl adjacent to an activating group) is 1. The number of pyridine rings is 1. The van der Waals surface area contributed by atoms with E-state index in [2.05, 4.69) is 45.5 Å². The molecule has 2 aliphatic rings. The number of aliphatic imine (C=N–C) groups is 1. The average Bonchev–Trinajstić information content (AvgIpc) is 2.99. The summed E-state index contributed by atoms with van der Waals surface area (Å²) in [4.78, 5) is 28.3. The molecule has 2 saturated heterocycles.